The Morgan fingerprint density at radius 2 is 2.18 bits per heavy atom. The van der Waals surface area contributed by atoms with Gasteiger partial charge in [0.05, 0.1) is 23.7 Å². The minimum Gasteiger partial charge on any atom is -0.465 e. The highest BCUT2D eigenvalue weighted by molar-refractivity contribution is 7.80. The number of nitro benzene ring substituents is 1. The van der Waals surface area contributed by atoms with E-state index in [4.69, 9.17) is 17.0 Å². The number of thiophene rings is 1. The first-order valence-corrected chi connectivity index (χ1v) is 9.77. The van der Waals surface area contributed by atoms with Crippen molar-refractivity contribution in [3.05, 3.63) is 50.1 Å². The predicted molar refractivity (Wildman–Crippen MR) is 110 cm³/mol. The van der Waals surface area contributed by atoms with Gasteiger partial charge in [0.1, 0.15) is 16.5 Å². The number of carbonyl (C=O) groups is 1. The molecule has 148 valence electrons. The van der Waals surface area contributed by atoms with Gasteiger partial charge in [-0.3, -0.25) is 10.1 Å². The maximum atomic E-state index is 13.3. The fourth-order valence-electron chi connectivity index (χ4n) is 3.18. The number of anilines is 2. The Kier molecular flexibility index (Phi) is 5.90. The lowest BCUT2D eigenvalue weighted by Gasteiger charge is -2.18. The van der Waals surface area contributed by atoms with Gasteiger partial charge in [-0.15, -0.1) is 11.3 Å². The van der Waals surface area contributed by atoms with Crippen LogP contribution in [0.15, 0.2) is 18.2 Å². The fraction of sp³-hybridized carbons (Fsp3) is 0.333. The van der Waals surface area contributed by atoms with Crippen molar-refractivity contribution in [2.45, 2.75) is 26.2 Å². The lowest BCUT2D eigenvalue weighted by atomic mass is 9.88. The Morgan fingerprint density at radius 3 is 2.86 bits per heavy atom. The van der Waals surface area contributed by atoms with Crippen LogP contribution in [0.4, 0.5) is 20.8 Å². The third-order valence-electron chi connectivity index (χ3n) is 4.53. The van der Waals surface area contributed by atoms with Crippen molar-refractivity contribution in [2.24, 2.45) is 5.92 Å². The molecule has 1 aromatic carbocycles. The quantitative estimate of drug-likeness (QED) is 0.323. The average Bonchev–Trinajstić information content (AvgIpc) is 2.98. The summed E-state index contributed by atoms with van der Waals surface area (Å²) in [7, 11) is 1.32. The summed E-state index contributed by atoms with van der Waals surface area (Å²) in [5.41, 5.74) is 1.04. The van der Waals surface area contributed by atoms with E-state index in [0.29, 0.717) is 16.5 Å². The van der Waals surface area contributed by atoms with Crippen LogP contribution < -0.4 is 10.6 Å². The highest BCUT2D eigenvalue weighted by Gasteiger charge is 2.28. The zero-order chi connectivity index (χ0) is 20.4. The van der Waals surface area contributed by atoms with Gasteiger partial charge in [0.25, 0.3) is 5.69 Å². The molecule has 10 heteroatoms. The van der Waals surface area contributed by atoms with Crippen LogP contribution in [0.25, 0.3) is 0 Å². The summed E-state index contributed by atoms with van der Waals surface area (Å²) in [6.07, 6.45) is 2.63. The zero-order valence-corrected chi connectivity index (χ0v) is 16.8. The summed E-state index contributed by atoms with van der Waals surface area (Å²) >= 11 is 6.69. The largest absolute Gasteiger partial charge is 0.465 e. The number of fused-ring (bicyclic) bond motifs is 1. The van der Waals surface area contributed by atoms with Crippen LogP contribution in [0, 0.1) is 21.8 Å². The van der Waals surface area contributed by atoms with Crippen LogP contribution in [-0.4, -0.2) is 23.1 Å². The van der Waals surface area contributed by atoms with E-state index >= 15 is 0 Å². The van der Waals surface area contributed by atoms with Crippen molar-refractivity contribution < 1.29 is 18.8 Å². The fourth-order valence-corrected chi connectivity index (χ4v) is 4.85. The predicted octanol–water partition coefficient (Wildman–Crippen LogP) is 4.52. The molecule has 1 heterocycles. The van der Waals surface area contributed by atoms with Crippen LogP contribution in [0.2, 0.25) is 0 Å². The zero-order valence-electron chi connectivity index (χ0n) is 15.2. The molecule has 0 aliphatic heterocycles. The number of nitrogens with zero attached hydrogens (tertiary/aromatic N) is 1. The van der Waals surface area contributed by atoms with Crippen molar-refractivity contribution >= 4 is 51.0 Å². The molecule has 1 aromatic heterocycles. The van der Waals surface area contributed by atoms with Crippen LogP contribution in [0.3, 0.4) is 0 Å². The Hall–Kier alpha value is -2.59. The number of esters is 1. The molecule has 2 N–H and O–H groups in total. The molecule has 7 nitrogen and oxygen atoms in total. The molecule has 3 rings (SSSR count). The summed E-state index contributed by atoms with van der Waals surface area (Å²) in [5, 5.41) is 17.4. The van der Waals surface area contributed by atoms with E-state index in [0.717, 1.165) is 41.8 Å². The minimum atomic E-state index is -0.718. The molecule has 0 fully saturated rings. The van der Waals surface area contributed by atoms with Crippen LogP contribution in [-0.2, 0) is 17.6 Å². The normalized spacial score (nSPS) is 15.5. The number of halogens is 1. The van der Waals surface area contributed by atoms with Gasteiger partial charge in [-0.2, -0.15) is 0 Å². The number of ether oxygens (including phenoxy) is 1. The van der Waals surface area contributed by atoms with E-state index in [1.807, 2.05) is 0 Å². The third-order valence-corrected chi connectivity index (χ3v) is 5.91. The molecule has 0 saturated carbocycles. The molecule has 1 unspecified atom stereocenters. The highest BCUT2D eigenvalue weighted by Crippen LogP contribution is 2.40. The van der Waals surface area contributed by atoms with Crippen molar-refractivity contribution in [1.29, 1.82) is 0 Å². The molecule has 28 heavy (non-hydrogen) atoms. The average molecular weight is 423 g/mol. The molecule has 1 aliphatic carbocycles. The maximum absolute atomic E-state index is 13.3. The molecule has 0 amide bonds. The van der Waals surface area contributed by atoms with Crippen molar-refractivity contribution in [3.8, 4) is 0 Å². The number of thiocarbonyl (C=S) groups is 1. The Labute approximate surface area is 170 Å². The molecule has 2 aromatic rings. The lowest BCUT2D eigenvalue weighted by molar-refractivity contribution is -0.384. The van der Waals surface area contributed by atoms with Gasteiger partial charge in [0, 0.05) is 4.88 Å². The number of nitrogens with one attached hydrogen (secondary N) is 2. The van der Waals surface area contributed by atoms with E-state index < -0.39 is 22.4 Å². The number of carbonyl (C=O) groups excluding carboxylic acids is 1. The first-order valence-electron chi connectivity index (χ1n) is 8.55. The number of methoxy groups -OCH3 is 1. The number of hydrogen-bond donors (Lipinski definition) is 2. The number of benzene rings is 1. The molecule has 0 bridgehead atoms. The molecular formula is C18H18FN3O4S2. The third kappa shape index (κ3) is 4.12. The van der Waals surface area contributed by atoms with Gasteiger partial charge >= 0.3 is 5.97 Å². The Morgan fingerprint density at radius 1 is 1.43 bits per heavy atom. The minimum absolute atomic E-state index is 0.0541. The summed E-state index contributed by atoms with van der Waals surface area (Å²) in [4.78, 5) is 23.9. The topological polar surface area (TPSA) is 93.5 Å². The van der Waals surface area contributed by atoms with E-state index in [1.54, 1.807) is 0 Å². The maximum Gasteiger partial charge on any atom is 0.341 e. The first kappa shape index (κ1) is 20.2. The van der Waals surface area contributed by atoms with Crippen LogP contribution in [0.5, 0.6) is 0 Å². The summed E-state index contributed by atoms with van der Waals surface area (Å²) in [5.74, 6) is -0.647. The second-order valence-electron chi connectivity index (χ2n) is 6.55. The van der Waals surface area contributed by atoms with Gasteiger partial charge < -0.3 is 15.4 Å². The van der Waals surface area contributed by atoms with Crippen molar-refractivity contribution in [1.82, 2.24) is 0 Å². The number of nitro groups is 1. The Balaban J connectivity index is 1.87. The summed E-state index contributed by atoms with van der Waals surface area (Å²) in [6, 6.07) is 3.16. The van der Waals surface area contributed by atoms with Crippen molar-refractivity contribution in [3.63, 3.8) is 0 Å². The molecule has 0 spiro atoms. The summed E-state index contributed by atoms with van der Waals surface area (Å²) in [6.45, 7) is 2.16. The van der Waals surface area contributed by atoms with Crippen LogP contribution >= 0.6 is 23.6 Å². The molecular weight excluding hydrogens is 405 g/mol. The highest BCUT2D eigenvalue weighted by atomic mass is 32.1. The first-order chi connectivity index (χ1) is 13.3. The number of rotatable bonds is 4. The molecule has 1 atom stereocenters. The van der Waals surface area contributed by atoms with Crippen LogP contribution in [0.1, 0.15) is 34.1 Å². The number of hydrogen-bond acceptors (Lipinski definition) is 6. The van der Waals surface area contributed by atoms with Gasteiger partial charge in [0.2, 0.25) is 0 Å². The molecule has 0 radical (unpaired) electrons. The lowest BCUT2D eigenvalue weighted by Crippen LogP contribution is -2.21. The van der Waals surface area contributed by atoms with E-state index in [-0.39, 0.29) is 10.8 Å². The monoisotopic (exact) mass is 423 g/mol. The van der Waals surface area contributed by atoms with E-state index in [2.05, 4.69) is 17.6 Å². The van der Waals surface area contributed by atoms with Gasteiger partial charge in [-0.1, -0.05) is 6.92 Å². The Bertz CT molecular complexity index is 961. The SMILES string of the molecule is COC(=O)c1c(NC(=S)Nc2ccc(F)cc2[N+](=O)[O-])sc2c1CCC(C)C2. The smallest absolute Gasteiger partial charge is 0.341 e. The molecule has 1 aliphatic rings. The van der Waals surface area contributed by atoms with Gasteiger partial charge in [0.15, 0.2) is 5.11 Å². The summed E-state index contributed by atoms with van der Waals surface area (Å²) < 4.78 is 18.2. The standard InChI is InChI=1S/C18H18FN3O4S2/c1-9-3-5-11-14(7-9)28-16(15(11)17(23)26-2)21-18(27)20-12-6-4-10(19)8-13(12)22(24)25/h4,6,8-9H,3,5,7H2,1-2H3,(H2,20,21,27). The molecule has 0 saturated heterocycles. The second kappa shape index (κ2) is 8.19. The second-order valence-corrected chi connectivity index (χ2v) is 8.06. The van der Waals surface area contributed by atoms with Gasteiger partial charge in [-0.25, -0.2) is 9.18 Å². The van der Waals surface area contributed by atoms with E-state index in [1.165, 1.54) is 24.5 Å². The van der Waals surface area contributed by atoms with Crippen molar-refractivity contribution in [2.75, 3.05) is 17.7 Å². The van der Waals surface area contributed by atoms with E-state index in [9.17, 15) is 19.3 Å². The van der Waals surface area contributed by atoms with Gasteiger partial charge in [-0.05, 0) is 55.1 Å².